The van der Waals surface area contributed by atoms with E-state index in [0.29, 0.717) is 0 Å². The van der Waals surface area contributed by atoms with E-state index in [0.717, 1.165) is 30.2 Å². The number of nitrogens with zero attached hydrogens (tertiary/aromatic N) is 3. The van der Waals surface area contributed by atoms with E-state index in [4.69, 9.17) is 12.2 Å². The molecule has 2 aromatic heterocycles. The van der Waals surface area contributed by atoms with Gasteiger partial charge < -0.3 is 14.8 Å². The van der Waals surface area contributed by atoms with Crippen LogP contribution in [-0.2, 0) is 7.05 Å². The van der Waals surface area contributed by atoms with Gasteiger partial charge in [0.15, 0.2) is 5.11 Å². The summed E-state index contributed by atoms with van der Waals surface area (Å²) in [5.41, 5.74) is 4.96. The van der Waals surface area contributed by atoms with Crippen molar-refractivity contribution in [2.75, 3.05) is 6.54 Å². The molecular weight excluding hydrogens is 316 g/mol. The Kier molecular flexibility index (Phi) is 4.90. The molecule has 0 aliphatic carbocycles. The van der Waals surface area contributed by atoms with Crippen molar-refractivity contribution >= 4 is 17.3 Å². The van der Waals surface area contributed by atoms with Crippen molar-refractivity contribution in [3.63, 3.8) is 0 Å². The lowest BCUT2D eigenvalue weighted by Gasteiger charge is -2.28. The van der Waals surface area contributed by atoms with Gasteiger partial charge in [0.25, 0.3) is 0 Å². The van der Waals surface area contributed by atoms with Crippen molar-refractivity contribution in [1.82, 2.24) is 19.8 Å². The molecule has 1 fully saturated rings. The molecular formula is C19H26N4S. The molecule has 1 saturated heterocycles. The third-order valence-electron chi connectivity index (χ3n) is 5.08. The van der Waals surface area contributed by atoms with E-state index in [1.54, 1.807) is 0 Å². The summed E-state index contributed by atoms with van der Waals surface area (Å²) < 4.78 is 2.25. The van der Waals surface area contributed by atoms with E-state index in [9.17, 15) is 0 Å². The van der Waals surface area contributed by atoms with Crippen LogP contribution in [-0.4, -0.2) is 26.1 Å². The molecule has 128 valence electrons. The van der Waals surface area contributed by atoms with Gasteiger partial charge in [0.05, 0.1) is 17.8 Å². The Hall–Kier alpha value is -1.88. The molecule has 0 unspecified atom stereocenters. The average Bonchev–Trinajstić information content (AvgIpc) is 3.05. The first-order valence-corrected chi connectivity index (χ1v) is 9.06. The van der Waals surface area contributed by atoms with Gasteiger partial charge >= 0.3 is 0 Å². The fourth-order valence-electron chi connectivity index (χ4n) is 3.50. The molecule has 3 heterocycles. The van der Waals surface area contributed by atoms with E-state index in [1.165, 1.54) is 17.0 Å². The smallest absolute Gasteiger partial charge is 0.170 e. The minimum Gasteiger partial charge on any atom is -0.352 e. The van der Waals surface area contributed by atoms with Gasteiger partial charge in [-0.15, -0.1) is 0 Å². The highest BCUT2D eigenvalue weighted by Crippen LogP contribution is 2.40. The molecule has 0 aromatic carbocycles. The van der Waals surface area contributed by atoms with Crippen molar-refractivity contribution in [3.8, 4) is 0 Å². The van der Waals surface area contributed by atoms with Gasteiger partial charge in [0, 0.05) is 31.2 Å². The molecule has 1 N–H and O–H groups in total. The molecule has 1 aliphatic rings. The van der Waals surface area contributed by atoms with Crippen molar-refractivity contribution in [1.29, 1.82) is 0 Å². The maximum atomic E-state index is 5.67. The van der Waals surface area contributed by atoms with Gasteiger partial charge in [-0.2, -0.15) is 0 Å². The third-order valence-corrected chi connectivity index (χ3v) is 5.44. The number of unbranched alkanes of at least 4 members (excludes halogenated alkanes) is 1. The summed E-state index contributed by atoms with van der Waals surface area (Å²) >= 11 is 5.67. The molecule has 0 radical (unpaired) electrons. The normalized spacial score (nSPS) is 20.5. The van der Waals surface area contributed by atoms with E-state index in [2.05, 4.69) is 59.7 Å². The number of rotatable bonds is 5. The summed E-state index contributed by atoms with van der Waals surface area (Å²) in [6.07, 6.45) is 4.15. The Morgan fingerprint density at radius 3 is 2.67 bits per heavy atom. The van der Waals surface area contributed by atoms with Crippen LogP contribution in [0.5, 0.6) is 0 Å². The molecule has 0 saturated carbocycles. The molecule has 5 heteroatoms. The van der Waals surface area contributed by atoms with Gasteiger partial charge in [0.2, 0.25) is 0 Å². The first-order valence-electron chi connectivity index (χ1n) is 8.65. The summed E-state index contributed by atoms with van der Waals surface area (Å²) in [6, 6.07) is 8.67. The lowest BCUT2D eigenvalue weighted by molar-refractivity contribution is 0.311. The summed E-state index contributed by atoms with van der Waals surface area (Å²) in [6.45, 7) is 7.54. The van der Waals surface area contributed by atoms with Crippen molar-refractivity contribution in [2.24, 2.45) is 7.05 Å². The zero-order valence-electron chi connectivity index (χ0n) is 14.9. The van der Waals surface area contributed by atoms with E-state index >= 15 is 0 Å². The standard InChI is InChI=1S/C19H26N4S/c1-5-6-11-23-18(15-12-13(2)22(4)14(15)3)17(21-19(23)24)16-9-7-8-10-20-16/h7-10,12,17-18H,5-6,11H2,1-4H3,(H,21,24)/t17-,18+/m0/s1. The van der Waals surface area contributed by atoms with Crippen molar-refractivity contribution in [2.45, 2.75) is 45.7 Å². The van der Waals surface area contributed by atoms with Crippen LogP contribution >= 0.6 is 12.2 Å². The summed E-state index contributed by atoms with van der Waals surface area (Å²) in [4.78, 5) is 6.94. The molecule has 2 atom stereocenters. The number of aryl methyl sites for hydroxylation is 1. The Bertz CT molecular complexity index is 722. The Morgan fingerprint density at radius 2 is 2.08 bits per heavy atom. The van der Waals surface area contributed by atoms with Crippen LogP contribution in [0.15, 0.2) is 30.5 Å². The number of nitrogens with one attached hydrogen (secondary N) is 1. The maximum Gasteiger partial charge on any atom is 0.170 e. The highest BCUT2D eigenvalue weighted by Gasteiger charge is 2.40. The van der Waals surface area contributed by atoms with E-state index in [1.807, 2.05) is 18.3 Å². The van der Waals surface area contributed by atoms with E-state index in [-0.39, 0.29) is 12.1 Å². The molecule has 1 aliphatic heterocycles. The second kappa shape index (κ2) is 6.93. The van der Waals surface area contributed by atoms with Crippen molar-refractivity contribution < 1.29 is 0 Å². The minimum absolute atomic E-state index is 0.0936. The highest BCUT2D eigenvalue weighted by molar-refractivity contribution is 7.80. The fraction of sp³-hybridized carbons (Fsp3) is 0.474. The molecule has 24 heavy (non-hydrogen) atoms. The summed E-state index contributed by atoms with van der Waals surface area (Å²) in [5.74, 6) is 0. The summed E-state index contributed by atoms with van der Waals surface area (Å²) in [7, 11) is 2.13. The molecule has 4 nitrogen and oxygen atoms in total. The third kappa shape index (κ3) is 2.93. The largest absolute Gasteiger partial charge is 0.352 e. The lowest BCUT2D eigenvalue weighted by Crippen LogP contribution is -2.30. The highest BCUT2D eigenvalue weighted by atomic mass is 32.1. The van der Waals surface area contributed by atoms with Gasteiger partial charge in [-0.1, -0.05) is 19.4 Å². The molecule has 2 aromatic rings. The van der Waals surface area contributed by atoms with Gasteiger partial charge in [0.1, 0.15) is 0 Å². The van der Waals surface area contributed by atoms with Gasteiger partial charge in [-0.05, 0) is 56.2 Å². The zero-order valence-corrected chi connectivity index (χ0v) is 15.7. The minimum atomic E-state index is 0.0936. The fourth-order valence-corrected chi connectivity index (χ4v) is 3.83. The number of aromatic nitrogens is 2. The van der Waals surface area contributed by atoms with Crippen LogP contribution in [0.2, 0.25) is 0 Å². The zero-order chi connectivity index (χ0) is 17.3. The quantitative estimate of drug-likeness (QED) is 0.838. The Morgan fingerprint density at radius 1 is 1.29 bits per heavy atom. The average molecular weight is 343 g/mol. The van der Waals surface area contributed by atoms with Crippen LogP contribution in [0.3, 0.4) is 0 Å². The number of thiocarbonyl (C=S) groups is 1. The second-order valence-corrected chi connectivity index (χ2v) is 6.95. The summed E-state index contributed by atoms with van der Waals surface area (Å²) in [5, 5.41) is 4.36. The van der Waals surface area contributed by atoms with Crippen molar-refractivity contribution in [3.05, 3.63) is 53.1 Å². The maximum absolute atomic E-state index is 5.67. The first-order chi connectivity index (χ1) is 11.5. The number of pyridine rings is 1. The van der Waals surface area contributed by atoms with Gasteiger partial charge in [-0.3, -0.25) is 4.98 Å². The topological polar surface area (TPSA) is 33.1 Å². The predicted octanol–water partition coefficient (Wildman–Crippen LogP) is 3.81. The van der Waals surface area contributed by atoms with Crippen LogP contribution < -0.4 is 5.32 Å². The molecule has 3 rings (SSSR count). The molecule has 0 spiro atoms. The van der Waals surface area contributed by atoms with Crippen LogP contribution in [0, 0.1) is 13.8 Å². The number of hydrogen-bond acceptors (Lipinski definition) is 2. The molecule has 0 bridgehead atoms. The van der Waals surface area contributed by atoms with Gasteiger partial charge in [-0.25, -0.2) is 0 Å². The monoisotopic (exact) mass is 342 g/mol. The second-order valence-electron chi connectivity index (χ2n) is 6.56. The van der Waals surface area contributed by atoms with Crippen LogP contribution in [0.25, 0.3) is 0 Å². The van der Waals surface area contributed by atoms with E-state index < -0.39 is 0 Å². The lowest BCUT2D eigenvalue weighted by atomic mass is 9.96. The predicted molar refractivity (Wildman–Crippen MR) is 102 cm³/mol. The Balaban J connectivity index is 2.05. The van der Waals surface area contributed by atoms with Crippen LogP contribution in [0.4, 0.5) is 0 Å². The van der Waals surface area contributed by atoms with Crippen LogP contribution in [0.1, 0.15) is 54.5 Å². The number of hydrogen-bond donors (Lipinski definition) is 1. The molecule has 0 amide bonds. The first kappa shape index (κ1) is 17.0. The SMILES string of the molecule is CCCCN1C(=S)N[C@@H](c2ccccn2)[C@H]1c1cc(C)n(C)c1C. The Labute approximate surface area is 149 Å².